The predicted octanol–water partition coefficient (Wildman–Crippen LogP) is 4.85. The van der Waals surface area contributed by atoms with Crippen LogP contribution in [0.2, 0.25) is 0 Å². The van der Waals surface area contributed by atoms with Gasteiger partial charge in [0, 0.05) is 61.0 Å². The van der Waals surface area contributed by atoms with Crippen molar-refractivity contribution in [2.75, 3.05) is 31.6 Å². The summed E-state index contributed by atoms with van der Waals surface area (Å²) in [5.74, 6) is -2.18. The Morgan fingerprint density at radius 3 is 2.58 bits per heavy atom. The molecule has 1 aliphatic rings. The van der Waals surface area contributed by atoms with Crippen molar-refractivity contribution in [1.82, 2.24) is 4.90 Å². The van der Waals surface area contributed by atoms with Crippen molar-refractivity contribution in [3.63, 3.8) is 0 Å². The number of nitrogens with one attached hydrogen (secondary N) is 1. The topological polar surface area (TPSA) is 97.7 Å². The molecule has 0 saturated carbocycles. The van der Waals surface area contributed by atoms with Gasteiger partial charge in [0.2, 0.25) is 0 Å². The Hall–Kier alpha value is -3.75. The van der Waals surface area contributed by atoms with Gasteiger partial charge in [-0.25, -0.2) is 8.78 Å². The zero-order valence-corrected chi connectivity index (χ0v) is 20.5. The van der Waals surface area contributed by atoms with Crippen LogP contribution >= 0.6 is 0 Å². The van der Waals surface area contributed by atoms with Gasteiger partial charge in [-0.15, -0.1) is 0 Å². The number of nitrogens with zero attached hydrogens (tertiary/aromatic N) is 3. The minimum Gasteiger partial charge on any atom is -0.404 e. The summed E-state index contributed by atoms with van der Waals surface area (Å²) in [5, 5.41) is 21.5. The summed E-state index contributed by atoms with van der Waals surface area (Å²) >= 11 is 0. The molecule has 3 rings (SSSR count). The van der Waals surface area contributed by atoms with E-state index in [9.17, 15) is 22.8 Å². The number of likely N-dealkylation sites (tertiary alicyclic amines) is 1. The van der Waals surface area contributed by atoms with Crippen LogP contribution < -0.4 is 11.1 Å². The summed E-state index contributed by atoms with van der Waals surface area (Å²) in [7, 11) is 0. The highest BCUT2D eigenvalue weighted by Crippen LogP contribution is 2.33. The van der Waals surface area contributed by atoms with Gasteiger partial charge in [0.05, 0.1) is 29.8 Å². The molecule has 4 N–H and O–H groups in total. The van der Waals surface area contributed by atoms with Gasteiger partial charge >= 0.3 is 6.18 Å². The van der Waals surface area contributed by atoms with E-state index in [1.165, 1.54) is 18.3 Å². The van der Waals surface area contributed by atoms with Gasteiger partial charge in [-0.05, 0) is 36.6 Å². The molecule has 202 valence electrons. The number of alkyl halides is 3. The summed E-state index contributed by atoms with van der Waals surface area (Å²) in [4.78, 5) is 6.63. The third-order valence-electron chi connectivity index (χ3n) is 6.19. The van der Waals surface area contributed by atoms with E-state index in [0.29, 0.717) is 12.6 Å². The van der Waals surface area contributed by atoms with Gasteiger partial charge in [0.15, 0.2) is 0 Å². The summed E-state index contributed by atoms with van der Waals surface area (Å²) < 4.78 is 68.5. The lowest BCUT2D eigenvalue weighted by Gasteiger charge is -2.29. The molecule has 2 aromatic rings. The molecule has 11 heteroatoms. The fraction of sp³-hybridized carbons (Fsp3) is 0.333. The monoisotopic (exact) mass is 533 g/mol. The molecule has 0 atom stereocenters. The molecule has 0 bridgehead atoms. The quantitative estimate of drug-likeness (QED) is 0.316. The van der Waals surface area contributed by atoms with Gasteiger partial charge in [-0.2, -0.15) is 18.4 Å². The van der Waals surface area contributed by atoms with Crippen LogP contribution in [0, 0.1) is 23.0 Å². The number of piperidine rings is 1. The van der Waals surface area contributed by atoms with E-state index in [2.05, 4.69) is 21.8 Å². The maximum atomic E-state index is 15.2. The maximum absolute atomic E-state index is 15.2. The van der Waals surface area contributed by atoms with Crippen LogP contribution in [0.5, 0.6) is 0 Å². The van der Waals surface area contributed by atoms with Crippen molar-refractivity contribution in [2.24, 2.45) is 10.7 Å². The summed E-state index contributed by atoms with van der Waals surface area (Å²) in [5.41, 5.74) is 4.44. The third-order valence-corrected chi connectivity index (χ3v) is 6.19. The summed E-state index contributed by atoms with van der Waals surface area (Å²) in [6, 6.07) is 7.30. The van der Waals surface area contributed by atoms with E-state index in [1.54, 1.807) is 0 Å². The molecular weight excluding hydrogens is 505 g/mol. The molecule has 6 nitrogen and oxygen atoms in total. The molecule has 0 unspecified atom stereocenters. The van der Waals surface area contributed by atoms with Crippen molar-refractivity contribution in [3.05, 3.63) is 82.7 Å². The average molecular weight is 534 g/mol. The lowest BCUT2D eigenvalue weighted by molar-refractivity contribution is -0.140. The number of aliphatic hydroxyl groups is 1. The molecule has 0 spiro atoms. The van der Waals surface area contributed by atoms with E-state index < -0.39 is 23.4 Å². The first-order chi connectivity index (χ1) is 18.1. The molecule has 0 aromatic heterocycles. The number of hydrogen-bond donors (Lipinski definition) is 3. The number of rotatable bonds is 9. The molecular formula is C27H28F5N5O. The molecule has 2 aromatic carbocycles. The molecule has 1 saturated heterocycles. The van der Waals surface area contributed by atoms with Crippen LogP contribution in [0.15, 0.2) is 53.8 Å². The number of nitriles is 1. The van der Waals surface area contributed by atoms with E-state index in [-0.39, 0.29) is 52.7 Å². The third kappa shape index (κ3) is 7.18. The smallest absolute Gasteiger partial charge is 0.404 e. The van der Waals surface area contributed by atoms with E-state index in [1.807, 2.05) is 6.07 Å². The molecule has 1 fully saturated rings. The Morgan fingerprint density at radius 1 is 1.26 bits per heavy atom. The molecule has 0 radical (unpaired) electrons. The zero-order valence-electron chi connectivity index (χ0n) is 20.5. The molecule has 1 heterocycles. The van der Waals surface area contributed by atoms with Crippen LogP contribution in [-0.2, 0) is 12.6 Å². The van der Waals surface area contributed by atoms with E-state index in [0.717, 1.165) is 44.3 Å². The highest BCUT2D eigenvalue weighted by molar-refractivity contribution is 6.10. The Morgan fingerprint density at radius 2 is 1.97 bits per heavy atom. The first kappa shape index (κ1) is 28.8. The van der Waals surface area contributed by atoms with Crippen LogP contribution in [0.3, 0.4) is 0 Å². The number of halogens is 5. The van der Waals surface area contributed by atoms with Gasteiger partial charge < -0.3 is 21.1 Å². The van der Waals surface area contributed by atoms with Crippen molar-refractivity contribution < 1.29 is 27.1 Å². The number of hydrogen-bond acceptors (Lipinski definition) is 6. The lowest BCUT2D eigenvalue weighted by Crippen LogP contribution is -2.37. The lowest BCUT2D eigenvalue weighted by atomic mass is 9.99. The minimum atomic E-state index is -4.84. The second-order valence-corrected chi connectivity index (χ2v) is 8.87. The van der Waals surface area contributed by atoms with Crippen LogP contribution in [-0.4, -0.2) is 48.5 Å². The average Bonchev–Trinajstić information content (AvgIpc) is 2.86. The fourth-order valence-electron chi connectivity index (χ4n) is 4.28. The second-order valence-electron chi connectivity index (χ2n) is 8.87. The summed E-state index contributed by atoms with van der Waals surface area (Å²) in [6.07, 6.45) is -1.01. The molecule has 38 heavy (non-hydrogen) atoms. The second kappa shape index (κ2) is 12.7. The number of β-amino-alcohol motifs (C(OH)–C–C–N with tert-alkyl or cyclic N) is 1. The Bertz CT molecular complexity index is 1260. The predicted molar refractivity (Wildman–Crippen MR) is 136 cm³/mol. The SMILES string of the molecule is C=C(Cc1cccc(C(F)(F)F)c1F)Nc1cc(F)c(/C(C=NC2CCN(CCO)CC2)=C/N)c(C#N)c1. The van der Waals surface area contributed by atoms with Crippen molar-refractivity contribution >= 4 is 17.5 Å². The number of aliphatic imine (C=N–C) groups is 1. The van der Waals surface area contributed by atoms with Gasteiger partial charge in [-0.3, -0.25) is 4.99 Å². The Kier molecular flexibility index (Phi) is 9.61. The number of aliphatic hydroxyl groups excluding tert-OH is 1. The van der Waals surface area contributed by atoms with Crippen LogP contribution in [0.4, 0.5) is 27.6 Å². The standard InChI is InChI=1S/C27H28F5N5O/c1-17(11-18-3-2-4-23(26(18)29)27(30,31)32)36-22-12-19(14-33)25(24(28)13-22)20(15-34)16-35-21-5-7-37(8-6-21)9-10-38/h2-4,12-13,15-16,21,36,38H,1,5-11,34H2/b20-15+,35-16?. The molecule has 0 amide bonds. The van der Waals surface area contributed by atoms with Gasteiger partial charge in [0.25, 0.3) is 0 Å². The van der Waals surface area contributed by atoms with E-state index in [4.69, 9.17) is 10.8 Å². The highest BCUT2D eigenvalue weighted by Gasteiger charge is 2.34. The molecule has 1 aliphatic heterocycles. The summed E-state index contributed by atoms with van der Waals surface area (Å²) in [6.45, 7) is 5.94. The normalized spacial score (nSPS) is 15.6. The van der Waals surface area contributed by atoms with Crippen molar-refractivity contribution in [2.45, 2.75) is 31.5 Å². The van der Waals surface area contributed by atoms with Crippen molar-refractivity contribution in [3.8, 4) is 6.07 Å². The fourth-order valence-corrected chi connectivity index (χ4v) is 4.28. The number of nitrogens with two attached hydrogens (primary N) is 1. The largest absolute Gasteiger partial charge is 0.419 e. The van der Waals surface area contributed by atoms with Gasteiger partial charge in [-0.1, -0.05) is 18.7 Å². The Labute approximate surface area is 217 Å². The van der Waals surface area contributed by atoms with Crippen LogP contribution in [0.1, 0.15) is 35.1 Å². The van der Waals surface area contributed by atoms with Gasteiger partial charge in [0.1, 0.15) is 11.6 Å². The maximum Gasteiger partial charge on any atom is 0.419 e. The number of benzene rings is 2. The van der Waals surface area contributed by atoms with Crippen molar-refractivity contribution in [1.29, 1.82) is 5.26 Å². The Balaban J connectivity index is 1.74. The highest BCUT2D eigenvalue weighted by atomic mass is 19.4. The molecule has 0 aliphatic carbocycles. The zero-order chi connectivity index (χ0) is 27.9. The first-order valence-electron chi connectivity index (χ1n) is 11.9. The first-order valence-corrected chi connectivity index (χ1v) is 11.9. The minimum absolute atomic E-state index is 0.00556. The number of anilines is 1. The number of allylic oxidation sites excluding steroid dienone is 2. The van der Waals surface area contributed by atoms with E-state index >= 15 is 4.39 Å². The van der Waals surface area contributed by atoms with Crippen LogP contribution in [0.25, 0.3) is 5.57 Å².